The molecule has 0 aliphatic rings. The Balaban J connectivity index is 2.41. The summed E-state index contributed by atoms with van der Waals surface area (Å²) in [6.07, 6.45) is 1.92. The van der Waals surface area contributed by atoms with E-state index in [4.69, 9.17) is 10.2 Å². The van der Waals surface area contributed by atoms with E-state index in [0.717, 1.165) is 5.69 Å². The van der Waals surface area contributed by atoms with E-state index in [2.05, 4.69) is 10.2 Å². The van der Waals surface area contributed by atoms with Gasteiger partial charge in [0.15, 0.2) is 0 Å². The zero-order valence-electron chi connectivity index (χ0n) is 7.27. The van der Waals surface area contributed by atoms with E-state index < -0.39 is 0 Å². The van der Waals surface area contributed by atoms with Crippen molar-refractivity contribution in [1.29, 1.82) is 0 Å². The maximum atomic E-state index is 5.35. The third kappa shape index (κ3) is 1.33. The number of hydrogen-bond donors (Lipinski definition) is 1. The second-order valence-corrected chi connectivity index (χ2v) is 2.71. The highest BCUT2D eigenvalue weighted by atomic mass is 16.4. The third-order valence-electron chi connectivity index (χ3n) is 1.80. The molecular formula is C8H10N4O. The van der Waals surface area contributed by atoms with Gasteiger partial charge in [-0.15, -0.1) is 10.2 Å². The van der Waals surface area contributed by atoms with Gasteiger partial charge in [-0.25, -0.2) is 0 Å². The van der Waals surface area contributed by atoms with Crippen molar-refractivity contribution in [3.8, 4) is 11.6 Å². The molecule has 0 saturated carbocycles. The minimum absolute atomic E-state index is 0.275. The van der Waals surface area contributed by atoms with Gasteiger partial charge in [-0.2, -0.15) is 0 Å². The highest BCUT2D eigenvalue weighted by Crippen LogP contribution is 2.16. The van der Waals surface area contributed by atoms with E-state index in [1.165, 1.54) is 0 Å². The fourth-order valence-corrected chi connectivity index (χ4v) is 1.12. The quantitative estimate of drug-likeness (QED) is 0.728. The van der Waals surface area contributed by atoms with E-state index in [-0.39, 0.29) is 6.54 Å². The van der Waals surface area contributed by atoms with Crippen molar-refractivity contribution in [3.63, 3.8) is 0 Å². The third-order valence-corrected chi connectivity index (χ3v) is 1.80. The maximum absolute atomic E-state index is 5.35. The molecular weight excluding hydrogens is 168 g/mol. The Morgan fingerprint density at radius 1 is 1.54 bits per heavy atom. The lowest BCUT2D eigenvalue weighted by molar-refractivity contribution is 0.505. The summed E-state index contributed by atoms with van der Waals surface area (Å²) in [5.74, 6) is 0.962. The second-order valence-electron chi connectivity index (χ2n) is 2.71. The fourth-order valence-electron chi connectivity index (χ4n) is 1.12. The zero-order valence-corrected chi connectivity index (χ0v) is 7.27. The Bertz CT molecular complexity index is 404. The lowest BCUT2D eigenvalue weighted by Gasteiger charge is -1.95. The lowest BCUT2D eigenvalue weighted by atomic mass is 10.4. The molecule has 2 N–H and O–H groups in total. The molecule has 2 aromatic heterocycles. The SMILES string of the molecule is Cn1cccc1-c1nnc(CN)o1. The molecule has 0 aliphatic heterocycles. The summed E-state index contributed by atoms with van der Waals surface area (Å²) < 4.78 is 7.20. The van der Waals surface area contributed by atoms with Gasteiger partial charge in [0.2, 0.25) is 5.89 Å². The van der Waals surface area contributed by atoms with Gasteiger partial charge in [0.1, 0.15) is 5.69 Å². The average molecular weight is 178 g/mol. The summed E-state index contributed by atoms with van der Waals surface area (Å²) in [5.41, 5.74) is 6.25. The van der Waals surface area contributed by atoms with Gasteiger partial charge in [0, 0.05) is 13.2 Å². The van der Waals surface area contributed by atoms with E-state index >= 15 is 0 Å². The molecule has 2 heterocycles. The van der Waals surface area contributed by atoms with Crippen LogP contribution < -0.4 is 5.73 Å². The molecule has 0 radical (unpaired) electrons. The second kappa shape index (κ2) is 3.02. The molecule has 0 unspecified atom stereocenters. The van der Waals surface area contributed by atoms with Crippen LogP contribution in [0.2, 0.25) is 0 Å². The highest BCUT2D eigenvalue weighted by molar-refractivity contribution is 5.47. The van der Waals surface area contributed by atoms with E-state index in [1.54, 1.807) is 0 Å². The Morgan fingerprint density at radius 2 is 2.38 bits per heavy atom. The zero-order chi connectivity index (χ0) is 9.26. The van der Waals surface area contributed by atoms with Crippen LogP contribution in [-0.2, 0) is 13.6 Å². The Kier molecular flexibility index (Phi) is 1.86. The van der Waals surface area contributed by atoms with Crippen LogP contribution in [0.3, 0.4) is 0 Å². The van der Waals surface area contributed by atoms with Crippen LogP contribution in [0.4, 0.5) is 0 Å². The molecule has 0 bridgehead atoms. The summed E-state index contributed by atoms with van der Waals surface area (Å²) in [6.45, 7) is 0.275. The average Bonchev–Trinajstić information content (AvgIpc) is 2.71. The van der Waals surface area contributed by atoms with Crippen molar-refractivity contribution in [2.45, 2.75) is 6.54 Å². The molecule has 5 heteroatoms. The Morgan fingerprint density at radius 3 is 2.92 bits per heavy atom. The predicted octanol–water partition coefficient (Wildman–Crippen LogP) is 0.534. The summed E-state index contributed by atoms with van der Waals surface area (Å²) >= 11 is 0. The van der Waals surface area contributed by atoms with Crippen LogP contribution in [0, 0.1) is 0 Å². The van der Waals surface area contributed by atoms with Gasteiger partial charge in [0.05, 0.1) is 6.54 Å². The van der Waals surface area contributed by atoms with Crippen molar-refractivity contribution in [3.05, 3.63) is 24.2 Å². The first kappa shape index (κ1) is 8.00. The standard InChI is InChI=1S/C8H10N4O/c1-12-4-2-3-6(12)8-11-10-7(5-9)13-8/h2-4H,5,9H2,1H3. The molecule has 2 rings (SSSR count). The topological polar surface area (TPSA) is 69.9 Å². The molecule has 13 heavy (non-hydrogen) atoms. The molecule has 5 nitrogen and oxygen atoms in total. The molecule has 0 aliphatic carbocycles. The van der Waals surface area contributed by atoms with Crippen LogP contribution in [0.1, 0.15) is 5.89 Å². The molecule has 0 spiro atoms. The number of aromatic nitrogens is 3. The maximum Gasteiger partial charge on any atom is 0.264 e. The highest BCUT2D eigenvalue weighted by Gasteiger charge is 2.08. The fraction of sp³-hybridized carbons (Fsp3) is 0.250. The first-order chi connectivity index (χ1) is 6.31. The first-order valence-corrected chi connectivity index (χ1v) is 3.95. The van der Waals surface area contributed by atoms with Crippen molar-refractivity contribution in [2.75, 3.05) is 0 Å². The number of aryl methyl sites for hydroxylation is 1. The van der Waals surface area contributed by atoms with Gasteiger partial charge in [-0.3, -0.25) is 0 Å². The van der Waals surface area contributed by atoms with Crippen molar-refractivity contribution in [2.24, 2.45) is 12.8 Å². The van der Waals surface area contributed by atoms with Gasteiger partial charge in [0.25, 0.3) is 5.89 Å². The molecule has 2 aromatic rings. The molecule has 0 aromatic carbocycles. The van der Waals surface area contributed by atoms with E-state index in [1.807, 2.05) is 29.9 Å². The van der Waals surface area contributed by atoms with Gasteiger partial charge in [-0.1, -0.05) is 0 Å². The largest absolute Gasteiger partial charge is 0.418 e. The van der Waals surface area contributed by atoms with Crippen molar-refractivity contribution >= 4 is 0 Å². The van der Waals surface area contributed by atoms with Gasteiger partial charge < -0.3 is 14.7 Å². The summed E-state index contributed by atoms with van der Waals surface area (Å²) in [5, 5.41) is 7.65. The minimum Gasteiger partial charge on any atom is -0.418 e. The lowest BCUT2D eigenvalue weighted by Crippen LogP contribution is -1.95. The Labute approximate surface area is 75.2 Å². The summed E-state index contributed by atoms with van der Waals surface area (Å²) in [6, 6.07) is 3.83. The van der Waals surface area contributed by atoms with Crippen LogP contribution in [-0.4, -0.2) is 14.8 Å². The van der Waals surface area contributed by atoms with Crippen molar-refractivity contribution < 1.29 is 4.42 Å². The number of rotatable bonds is 2. The molecule has 0 atom stereocenters. The number of hydrogen-bond acceptors (Lipinski definition) is 4. The summed E-state index contributed by atoms with van der Waals surface area (Å²) in [4.78, 5) is 0. The molecule has 0 fully saturated rings. The smallest absolute Gasteiger partial charge is 0.264 e. The summed E-state index contributed by atoms with van der Waals surface area (Å²) in [7, 11) is 1.92. The molecule has 0 saturated heterocycles. The molecule has 0 amide bonds. The van der Waals surface area contributed by atoms with Crippen LogP contribution >= 0.6 is 0 Å². The first-order valence-electron chi connectivity index (χ1n) is 3.95. The van der Waals surface area contributed by atoms with Gasteiger partial charge >= 0.3 is 0 Å². The van der Waals surface area contributed by atoms with Crippen molar-refractivity contribution in [1.82, 2.24) is 14.8 Å². The molecule has 68 valence electrons. The van der Waals surface area contributed by atoms with Crippen LogP contribution in [0.5, 0.6) is 0 Å². The van der Waals surface area contributed by atoms with E-state index in [9.17, 15) is 0 Å². The Hall–Kier alpha value is -1.62. The van der Waals surface area contributed by atoms with Crippen LogP contribution in [0.15, 0.2) is 22.7 Å². The predicted molar refractivity (Wildman–Crippen MR) is 46.6 cm³/mol. The van der Waals surface area contributed by atoms with E-state index in [0.29, 0.717) is 11.8 Å². The number of nitrogens with zero attached hydrogens (tertiary/aromatic N) is 3. The normalized spacial score (nSPS) is 10.6. The van der Waals surface area contributed by atoms with Crippen LogP contribution in [0.25, 0.3) is 11.6 Å². The minimum atomic E-state index is 0.275. The monoisotopic (exact) mass is 178 g/mol. The van der Waals surface area contributed by atoms with Gasteiger partial charge in [-0.05, 0) is 12.1 Å². The number of nitrogens with two attached hydrogens (primary N) is 1.